The Balaban J connectivity index is 1.53. The zero-order valence-electron chi connectivity index (χ0n) is 14.1. The van der Waals surface area contributed by atoms with Crippen LogP contribution in [0.25, 0.3) is 22.7 Å². The SMILES string of the molecule is c1cn(-c2ccc(-c3ccnc4nc(N5CCOCC5)nn34)cc2)cn1. The maximum Gasteiger partial charge on any atom is 0.254 e. The molecule has 8 nitrogen and oxygen atoms in total. The molecule has 1 aliphatic rings. The van der Waals surface area contributed by atoms with Gasteiger partial charge in [0, 0.05) is 42.9 Å². The van der Waals surface area contributed by atoms with Gasteiger partial charge in [-0.05, 0) is 18.2 Å². The fourth-order valence-corrected chi connectivity index (χ4v) is 3.12. The molecule has 0 spiro atoms. The first kappa shape index (κ1) is 15.0. The van der Waals surface area contributed by atoms with Crippen LogP contribution in [0.1, 0.15) is 0 Å². The quantitative estimate of drug-likeness (QED) is 0.563. The highest BCUT2D eigenvalue weighted by molar-refractivity contribution is 5.63. The summed E-state index contributed by atoms with van der Waals surface area (Å²) in [5, 5.41) is 4.68. The predicted molar refractivity (Wildman–Crippen MR) is 96.4 cm³/mol. The second-order valence-corrected chi connectivity index (χ2v) is 6.07. The summed E-state index contributed by atoms with van der Waals surface area (Å²) in [6, 6.07) is 10.2. The van der Waals surface area contributed by atoms with Gasteiger partial charge in [0.15, 0.2) is 0 Å². The van der Waals surface area contributed by atoms with Crippen LogP contribution in [0.5, 0.6) is 0 Å². The van der Waals surface area contributed by atoms with Gasteiger partial charge in [-0.25, -0.2) is 9.97 Å². The Hall–Kier alpha value is -3.26. The van der Waals surface area contributed by atoms with E-state index in [4.69, 9.17) is 4.74 Å². The van der Waals surface area contributed by atoms with Crippen LogP contribution < -0.4 is 4.90 Å². The van der Waals surface area contributed by atoms with E-state index in [0.717, 1.165) is 30.0 Å². The summed E-state index contributed by atoms with van der Waals surface area (Å²) in [5.74, 6) is 1.30. The van der Waals surface area contributed by atoms with Gasteiger partial charge in [0.25, 0.3) is 5.78 Å². The lowest BCUT2D eigenvalue weighted by atomic mass is 10.1. The molecular weight excluding hydrogens is 330 g/mol. The minimum atomic E-state index is 0.600. The van der Waals surface area contributed by atoms with Crippen molar-refractivity contribution in [3.8, 4) is 16.9 Å². The molecule has 1 aliphatic heterocycles. The molecule has 130 valence electrons. The summed E-state index contributed by atoms with van der Waals surface area (Å²) in [6.45, 7) is 2.99. The van der Waals surface area contributed by atoms with Crippen molar-refractivity contribution in [1.82, 2.24) is 29.1 Å². The van der Waals surface area contributed by atoms with Crippen molar-refractivity contribution in [2.45, 2.75) is 0 Å². The molecule has 0 amide bonds. The molecule has 0 saturated carbocycles. The fourth-order valence-electron chi connectivity index (χ4n) is 3.12. The lowest BCUT2D eigenvalue weighted by Crippen LogP contribution is -2.36. The average Bonchev–Trinajstić information content (AvgIpc) is 3.38. The van der Waals surface area contributed by atoms with Crippen LogP contribution >= 0.6 is 0 Å². The number of nitrogens with zero attached hydrogens (tertiary/aromatic N) is 7. The Morgan fingerprint density at radius 2 is 1.81 bits per heavy atom. The first-order valence-corrected chi connectivity index (χ1v) is 8.52. The molecule has 1 fully saturated rings. The van der Waals surface area contributed by atoms with E-state index in [-0.39, 0.29) is 0 Å². The summed E-state index contributed by atoms with van der Waals surface area (Å²) >= 11 is 0. The molecule has 0 atom stereocenters. The molecule has 5 rings (SSSR count). The van der Waals surface area contributed by atoms with E-state index in [0.29, 0.717) is 24.9 Å². The maximum atomic E-state index is 5.40. The van der Waals surface area contributed by atoms with E-state index < -0.39 is 0 Å². The molecule has 8 heteroatoms. The van der Waals surface area contributed by atoms with Crippen LogP contribution in [0, 0.1) is 0 Å². The van der Waals surface area contributed by atoms with E-state index >= 15 is 0 Å². The highest BCUT2D eigenvalue weighted by Gasteiger charge is 2.17. The zero-order valence-corrected chi connectivity index (χ0v) is 14.1. The van der Waals surface area contributed by atoms with Gasteiger partial charge >= 0.3 is 0 Å². The Morgan fingerprint density at radius 1 is 0.962 bits per heavy atom. The summed E-state index contributed by atoms with van der Waals surface area (Å²) in [4.78, 5) is 15.2. The van der Waals surface area contributed by atoms with E-state index in [1.165, 1.54) is 0 Å². The number of anilines is 1. The van der Waals surface area contributed by atoms with Crippen LogP contribution in [0.15, 0.2) is 55.2 Å². The van der Waals surface area contributed by atoms with Gasteiger partial charge in [-0.2, -0.15) is 9.50 Å². The van der Waals surface area contributed by atoms with Crippen molar-refractivity contribution in [3.63, 3.8) is 0 Å². The van der Waals surface area contributed by atoms with E-state index in [1.54, 1.807) is 23.2 Å². The molecule has 4 aromatic rings. The fraction of sp³-hybridized carbons (Fsp3) is 0.222. The molecular formula is C18H17N7O. The zero-order chi connectivity index (χ0) is 17.3. The summed E-state index contributed by atoms with van der Waals surface area (Å²) in [5.41, 5.74) is 3.07. The molecule has 0 radical (unpaired) electrons. The van der Waals surface area contributed by atoms with E-state index in [1.807, 2.05) is 16.8 Å². The van der Waals surface area contributed by atoms with Crippen LogP contribution in [0.2, 0.25) is 0 Å². The second-order valence-electron chi connectivity index (χ2n) is 6.07. The minimum absolute atomic E-state index is 0.600. The molecule has 0 N–H and O–H groups in total. The lowest BCUT2D eigenvalue weighted by molar-refractivity contribution is 0.122. The number of imidazole rings is 1. The normalized spacial score (nSPS) is 14.8. The monoisotopic (exact) mass is 347 g/mol. The van der Waals surface area contributed by atoms with Gasteiger partial charge in [-0.3, -0.25) is 0 Å². The molecule has 1 aromatic carbocycles. The third-order valence-corrected chi connectivity index (χ3v) is 4.49. The smallest absolute Gasteiger partial charge is 0.254 e. The first-order chi connectivity index (χ1) is 12.9. The molecule has 26 heavy (non-hydrogen) atoms. The molecule has 4 heterocycles. The van der Waals surface area contributed by atoms with Gasteiger partial charge < -0.3 is 14.2 Å². The summed E-state index contributed by atoms with van der Waals surface area (Å²) in [6.07, 6.45) is 7.24. The highest BCUT2D eigenvalue weighted by atomic mass is 16.5. The molecule has 0 aliphatic carbocycles. The Bertz CT molecular complexity index is 1020. The highest BCUT2D eigenvalue weighted by Crippen LogP contribution is 2.22. The first-order valence-electron chi connectivity index (χ1n) is 8.52. The topological polar surface area (TPSA) is 73.4 Å². The lowest BCUT2D eigenvalue weighted by Gasteiger charge is -2.25. The molecule has 1 saturated heterocycles. The summed E-state index contributed by atoms with van der Waals surface area (Å²) < 4.78 is 9.18. The number of hydrogen-bond acceptors (Lipinski definition) is 6. The van der Waals surface area contributed by atoms with Crippen LogP contribution in [0.4, 0.5) is 5.95 Å². The number of fused-ring (bicyclic) bond motifs is 1. The van der Waals surface area contributed by atoms with Crippen LogP contribution in [-0.2, 0) is 4.74 Å². The van der Waals surface area contributed by atoms with Crippen molar-refractivity contribution in [3.05, 3.63) is 55.2 Å². The number of ether oxygens (including phenoxy) is 1. The average molecular weight is 347 g/mol. The van der Waals surface area contributed by atoms with Gasteiger partial charge in [0.05, 0.1) is 25.2 Å². The molecule has 0 unspecified atom stereocenters. The molecule has 3 aromatic heterocycles. The van der Waals surface area contributed by atoms with E-state index in [2.05, 4.69) is 49.2 Å². The Morgan fingerprint density at radius 3 is 2.58 bits per heavy atom. The van der Waals surface area contributed by atoms with Crippen molar-refractivity contribution in [1.29, 1.82) is 0 Å². The maximum absolute atomic E-state index is 5.40. The number of aromatic nitrogens is 6. The molecule has 0 bridgehead atoms. The van der Waals surface area contributed by atoms with Gasteiger partial charge in [0.2, 0.25) is 5.95 Å². The largest absolute Gasteiger partial charge is 0.378 e. The van der Waals surface area contributed by atoms with Crippen molar-refractivity contribution >= 4 is 11.7 Å². The summed E-state index contributed by atoms with van der Waals surface area (Å²) in [7, 11) is 0. The van der Waals surface area contributed by atoms with Crippen LogP contribution in [-0.4, -0.2) is 55.4 Å². The van der Waals surface area contributed by atoms with Crippen molar-refractivity contribution in [2.75, 3.05) is 31.2 Å². The van der Waals surface area contributed by atoms with Gasteiger partial charge in [0.1, 0.15) is 0 Å². The Labute approximate surface area is 149 Å². The van der Waals surface area contributed by atoms with Crippen LogP contribution in [0.3, 0.4) is 0 Å². The van der Waals surface area contributed by atoms with E-state index in [9.17, 15) is 0 Å². The standard InChI is InChI=1S/C18H17N7O/c1-3-15(24-8-7-19-13-24)4-2-14(1)16-5-6-20-17-21-18(22-25(16)17)23-9-11-26-12-10-23/h1-8,13H,9-12H2. The number of morpholine rings is 1. The second kappa shape index (κ2) is 6.23. The van der Waals surface area contributed by atoms with Crippen molar-refractivity contribution < 1.29 is 4.74 Å². The number of rotatable bonds is 3. The minimum Gasteiger partial charge on any atom is -0.378 e. The number of benzene rings is 1. The Kier molecular flexibility index (Phi) is 3.60. The third-order valence-electron chi connectivity index (χ3n) is 4.49. The predicted octanol–water partition coefficient (Wildman–Crippen LogP) is 1.81. The van der Waals surface area contributed by atoms with Crippen molar-refractivity contribution in [2.24, 2.45) is 0 Å². The van der Waals surface area contributed by atoms with Gasteiger partial charge in [-0.15, -0.1) is 5.10 Å². The van der Waals surface area contributed by atoms with Gasteiger partial charge in [-0.1, -0.05) is 12.1 Å². The third kappa shape index (κ3) is 2.60. The number of hydrogen-bond donors (Lipinski definition) is 0.